The molecule has 128 valence electrons. The predicted molar refractivity (Wildman–Crippen MR) is 101 cm³/mol. The van der Waals surface area contributed by atoms with Crippen LogP contribution in [0.5, 0.6) is 0 Å². The van der Waals surface area contributed by atoms with Crippen LogP contribution in [0.4, 0.5) is 5.69 Å². The number of fused-ring (bicyclic) bond motifs is 2. The molecule has 2 heterocycles. The zero-order valence-electron chi connectivity index (χ0n) is 14.4. The molecule has 1 atom stereocenters. The first kappa shape index (κ1) is 16.3. The van der Waals surface area contributed by atoms with Crippen molar-refractivity contribution in [2.45, 2.75) is 50.1 Å². The number of benzene rings is 1. The molecule has 0 radical (unpaired) electrons. The lowest BCUT2D eigenvalue weighted by Crippen LogP contribution is -2.51. The quantitative estimate of drug-likeness (QED) is 0.804. The number of likely N-dealkylation sites (tertiary alicyclic amines) is 1. The third-order valence-electron chi connectivity index (χ3n) is 6.00. The second-order valence-corrected chi connectivity index (χ2v) is 7.80. The van der Waals surface area contributed by atoms with Crippen LogP contribution < -0.4 is 10.6 Å². The summed E-state index contributed by atoms with van der Waals surface area (Å²) in [4.78, 5) is 2.44. The van der Waals surface area contributed by atoms with Crippen molar-refractivity contribution in [1.29, 1.82) is 0 Å². The van der Waals surface area contributed by atoms with Gasteiger partial charge in [0.05, 0.1) is 17.7 Å². The Morgan fingerprint density at radius 3 is 2.71 bits per heavy atom. The molecule has 0 bridgehead atoms. The van der Waals surface area contributed by atoms with Gasteiger partial charge in [0.25, 0.3) is 0 Å². The number of rotatable bonds is 2. The van der Waals surface area contributed by atoms with Crippen LogP contribution in [0, 0.1) is 11.8 Å². The molecule has 0 aromatic heterocycles. The van der Waals surface area contributed by atoms with Crippen molar-refractivity contribution in [2.75, 3.05) is 32.0 Å². The zero-order chi connectivity index (χ0) is 16.6. The van der Waals surface area contributed by atoms with Crippen molar-refractivity contribution in [2.24, 2.45) is 0 Å². The van der Waals surface area contributed by atoms with E-state index in [4.69, 9.17) is 11.6 Å². The summed E-state index contributed by atoms with van der Waals surface area (Å²) in [5.41, 5.74) is 3.76. The molecule has 3 nitrogen and oxygen atoms in total. The van der Waals surface area contributed by atoms with E-state index < -0.39 is 0 Å². The number of piperidine rings is 1. The molecule has 1 saturated heterocycles. The molecule has 1 spiro atoms. The van der Waals surface area contributed by atoms with Crippen molar-refractivity contribution >= 4 is 17.3 Å². The van der Waals surface area contributed by atoms with Gasteiger partial charge in [-0.05, 0) is 63.5 Å². The highest BCUT2D eigenvalue weighted by atomic mass is 35.5. The summed E-state index contributed by atoms with van der Waals surface area (Å²) in [5, 5.41) is 7.86. The van der Waals surface area contributed by atoms with Crippen LogP contribution in [0.1, 0.15) is 49.7 Å². The first-order valence-corrected chi connectivity index (χ1v) is 9.60. The van der Waals surface area contributed by atoms with Crippen molar-refractivity contribution in [3.63, 3.8) is 0 Å². The summed E-state index contributed by atoms with van der Waals surface area (Å²) in [7, 11) is 2.03. The lowest BCUT2D eigenvalue weighted by Gasteiger charge is -2.43. The van der Waals surface area contributed by atoms with Crippen molar-refractivity contribution in [3.05, 3.63) is 28.3 Å². The van der Waals surface area contributed by atoms with E-state index in [0.29, 0.717) is 6.17 Å². The topological polar surface area (TPSA) is 27.3 Å². The van der Waals surface area contributed by atoms with Gasteiger partial charge in [-0.3, -0.25) is 10.2 Å². The summed E-state index contributed by atoms with van der Waals surface area (Å²) in [6.45, 7) is 3.21. The summed E-state index contributed by atoms with van der Waals surface area (Å²) in [6.07, 6.45) is 8.05. The molecule has 1 aliphatic carbocycles. The maximum atomic E-state index is 6.56. The number of hydrogen-bond donors (Lipinski definition) is 2. The highest BCUT2D eigenvalue weighted by Crippen LogP contribution is 2.53. The van der Waals surface area contributed by atoms with E-state index in [0.717, 1.165) is 17.1 Å². The van der Waals surface area contributed by atoms with Crippen LogP contribution in [-0.4, -0.2) is 37.7 Å². The normalized spacial score (nSPS) is 24.7. The Kier molecular flexibility index (Phi) is 4.47. The zero-order valence-corrected chi connectivity index (χ0v) is 15.2. The van der Waals surface area contributed by atoms with Gasteiger partial charge in [-0.25, -0.2) is 0 Å². The van der Waals surface area contributed by atoms with E-state index in [1.807, 2.05) is 7.05 Å². The Bertz CT molecular complexity index is 678. The van der Waals surface area contributed by atoms with E-state index in [2.05, 4.69) is 39.5 Å². The molecular weight excluding hydrogens is 318 g/mol. The predicted octanol–water partition coefficient (Wildman–Crippen LogP) is 3.57. The van der Waals surface area contributed by atoms with Crippen LogP contribution in [0.25, 0.3) is 0 Å². The third-order valence-corrected chi connectivity index (χ3v) is 6.32. The van der Waals surface area contributed by atoms with Crippen LogP contribution in [0.15, 0.2) is 12.1 Å². The fourth-order valence-electron chi connectivity index (χ4n) is 4.48. The van der Waals surface area contributed by atoms with Gasteiger partial charge in [-0.1, -0.05) is 36.3 Å². The highest BCUT2D eigenvalue weighted by Gasteiger charge is 2.50. The summed E-state index contributed by atoms with van der Waals surface area (Å²) >= 11 is 6.56. The Morgan fingerprint density at radius 1 is 1.25 bits per heavy atom. The van der Waals surface area contributed by atoms with E-state index in [1.165, 1.54) is 62.9 Å². The smallest absolute Gasteiger partial charge is 0.0865 e. The van der Waals surface area contributed by atoms with Gasteiger partial charge in [0.1, 0.15) is 0 Å². The molecule has 1 aromatic rings. The average Bonchev–Trinajstić information content (AvgIpc) is 2.89. The summed E-state index contributed by atoms with van der Waals surface area (Å²) < 4.78 is 0. The first-order valence-electron chi connectivity index (χ1n) is 9.22. The highest BCUT2D eigenvalue weighted by molar-refractivity contribution is 6.32. The van der Waals surface area contributed by atoms with Gasteiger partial charge < -0.3 is 5.32 Å². The van der Waals surface area contributed by atoms with Gasteiger partial charge in [0.15, 0.2) is 0 Å². The minimum atomic E-state index is 0.230. The molecule has 4 rings (SSSR count). The number of nitrogens with zero attached hydrogens (tertiary/aromatic N) is 1. The average molecular weight is 344 g/mol. The Morgan fingerprint density at radius 2 is 2.04 bits per heavy atom. The molecule has 1 unspecified atom stereocenters. The van der Waals surface area contributed by atoms with Crippen LogP contribution in [0.3, 0.4) is 0 Å². The Labute approximate surface area is 150 Å². The summed E-state index contributed by atoms with van der Waals surface area (Å²) in [5.74, 6) is 6.63. The van der Waals surface area contributed by atoms with Crippen molar-refractivity contribution < 1.29 is 0 Å². The lowest BCUT2D eigenvalue weighted by molar-refractivity contribution is 0.204. The molecular formula is C20H26ClN3. The van der Waals surface area contributed by atoms with E-state index in [9.17, 15) is 0 Å². The fraction of sp³-hybridized carbons (Fsp3) is 0.600. The number of likely N-dealkylation sites (N-methyl/N-ethyl adjacent to an activating group) is 1. The molecule has 1 saturated carbocycles. The number of halogens is 1. The van der Waals surface area contributed by atoms with Gasteiger partial charge in [0, 0.05) is 16.7 Å². The molecule has 2 N–H and O–H groups in total. The van der Waals surface area contributed by atoms with Crippen molar-refractivity contribution in [3.8, 4) is 11.8 Å². The maximum Gasteiger partial charge on any atom is 0.0865 e. The second-order valence-electron chi connectivity index (χ2n) is 7.39. The minimum Gasteiger partial charge on any atom is -0.369 e. The first-order chi connectivity index (χ1) is 11.7. The number of nitrogens with one attached hydrogen (secondary N) is 2. The molecule has 3 aliphatic rings. The molecule has 2 aliphatic heterocycles. The SMILES string of the molecule is CNC1Nc2cc(C#CCN3CCCCC3)c(Cl)cc2C12CCC2. The molecule has 2 fully saturated rings. The van der Waals surface area contributed by atoms with Gasteiger partial charge >= 0.3 is 0 Å². The number of anilines is 1. The molecule has 0 amide bonds. The van der Waals surface area contributed by atoms with E-state index in [1.54, 1.807) is 0 Å². The standard InChI is InChI=1S/C20H26ClN3/c1-22-19-20(8-6-9-20)16-14-17(21)15(13-18(16)23-19)7-5-12-24-10-3-2-4-11-24/h13-14,19,22-23H,2-4,6,8-12H2,1H3. The van der Waals surface area contributed by atoms with Crippen molar-refractivity contribution in [1.82, 2.24) is 10.2 Å². The van der Waals surface area contributed by atoms with Gasteiger partial charge in [-0.15, -0.1) is 0 Å². The van der Waals surface area contributed by atoms with E-state index >= 15 is 0 Å². The van der Waals surface area contributed by atoms with Crippen LogP contribution in [-0.2, 0) is 5.41 Å². The fourth-order valence-corrected chi connectivity index (χ4v) is 4.69. The van der Waals surface area contributed by atoms with Crippen LogP contribution >= 0.6 is 11.6 Å². The van der Waals surface area contributed by atoms with Gasteiger partial charge in [0.2, 0.25) is 0 Å². The van der Waals surface area contributed by atoms with Crippen LogP contribution in [0.2, 0.25) is 5.02 Å². The Balaban J connectivity index is 1.55. The molecule has 1 aromatic carbocycles. The maximum absolute atomic E-state index is 6.56. The molecule has 4 heteroatoms. The molecule has 24 heavy (non-hydrogen) atoms. The number of hydrogen-bond acceptors (Lipinski definition) is 3. The minimum absolute atomic E-state index is 0.230. The Hall–Kier alpha value is -1.21. The van der Waals surface area contributed by atoms with Gasteiger partial charge in [-0.2, -0.15) is 0 Å². The monoisotopic (exact) mass is 343 g/mol. The summed E-state index contributed by atoms with van der Waals surface area (Å²) in [6, 6.07) is 4.31. The van der Waals surface area contributed by atoms with E-state index in [-0.39, 0.29) is 5.41 Å². The second kappa shape index (κ2) is 6.59. The lowest BCUT2D eigenvalue weighted by atomic mass is 9.64. The largest absolute Gasteiger partial charge is 0.369 e. The third kappa shape index (κ3) is 2.71.